The quantitative estimate of drug-likeness (QED) is 0.654. The van der Waals surface area contributed by atoms with Crippen LogP contribution in [0, 0.1) is 17.0 Å². The molecule has 1 atom stereocenters. The molecule has 1 aromatic carbocycles. The minimum absolute atomic E-state index is 0.0672. The number of rotatable bonds is 5. The van der Waals surface area contributed by atoms with Crippen LogP contribution in [-0.4, -0.2) is 29.1 Å². The first kappa shape index (κ1) is 14.9. The molecule has 0 amide bonds. The van der Waals surface area contributed by atoms with Crippen LogP contribution < -0.4 is 4.90 Å². The van der Waals surface area contributed by atoms with E-state index in [4.69, 9.17) is 5.11 Å². The average Bonchev–Trinajstić information content (AvgIpc) is 2.36. The minimum Gasteiger partial charge on any atom is -0.478 e. The molecule has 6 nitrogen and oxygen atoms in total. The highest BCUT2D eigenvalue weighted by Crippen LogP contribution is 2.31. The summed E-state index contributed by atoms with van der Waals surface area (Å²) in [5, 5.41) is 20.0. The molecule has 104 valence electrons. The summed E-state index contributed by atoms with van der Waals surface area (Å²) in [7, 11) is 1.81. The summed E-state index contributed by atoms with van der Waals surface area (Å²) in [6.45, 7) is 5.63. The largest absolute Gasteiger partial charge is 0.478 e. The van der Waals surface area contributed by atoms with E-state index in [2.05, 4.69) is 0 Å². The van der Waals surface area contributed by atoms with Crippen molar-refractivity contribution < 1.29 is 14.8 Å². The number of carboxylic acids is 1. The van der Waals surface area contributed by atoms with E-state index in [-0.39, 0.29) is 17.3 Å². The molecule has 0 radical (unpaired) electrons. The van der Waals surface area contributed by atoms with Gasteiger partial charge in [-0.1, -0.05) is 6.92 Å². The van der Waals surface area contributed by atoms with Crippen LogP contribution in [0.1, 0.15) is 36.2 Å². The molecule has 0 aliphatic heterocycles. The summed E-state index contributed by atoms with van der Waals surface area (Å²) in [6.07, 6.45) is 0.862. The fraction of sp³-hybridized carbons (Fsp3) is 0.462. The molecule has 6 heteroatoms. The smallest absolute Gasteiger partial charge is 0.336 e. The van der Waals surface area contributed by atoms with Gasteiger partial charge in [-0.3, -0.25) is 10.1 Å². The average molecular weight is 266 g/mol. The lowest BCUT2D eigenvalue weighted by molar-refractivity contribution is -0.385. The van der Waals surface area contributed by atoms with Gasteiger partial charge in [-0.15, -0.1) is 0 Å². The van der Waals surface area contributed by atoms with Crippen LogP contribution in [0.2, 0.25) is 0 Å². The van der Waals surface area contributed by atoms with E-state index in [1.54, 1.807) is 6.92 Å². The molecule has 1 N–H and O–H groups in total. The number of nitrogens with zero attached hydrogens (tertiary/aromatic N) is 2. The Hall–Kier alpha value is -2.11. The summed E-state index contributed by atoms with van der Waals surface area (Å²) in [6, 6.07) is 2.75. The lowest BCUT2D eigenvalue weighted by Gasteiger charge is -2.27. The van der Waals surface area contributed by atoms with Gasteiger partial charge in [-0.05, 0) is 26.3 Å². The summed E-state index contributed by atoms with van der Waals surface area (Å²) in [4.78, 5) is 23.4. The van der Waals surface area contributed by atoms with Crippen LogP contribution in [0.15, 0.2) is 12.1 Å². The SMILES string of the molecule is CCC(C)N(C)c1cc(C(=O)O)cc([N+](=O)[O-])c1C. The van der Waals surface area contributed by atoms with Crippen LogP contribution in [0.3, 0.4) is 0 Å². The van der Waals surface area contributed by atoms with Crippen molar-refractivity contribution in [2.75, 3.05) is 11.9 Å². The van der Waals surface area contributed by atoms with E-state index in [1.807, 2.05) is 25.8 Å². The maximum Gasteiger partial charge on any atom is 0.336 e. The summed E-state index contributed by atoms with van der Waals surface area (Å²) < 4.78 is 0. The molecule has 0 heterocycles. The molecule has 0 saturated carbocycles. The van der Waals surface area contributed by atoms with Gasteiger partial charge in [0.25, 0.3) is 5.69 Å². The highest BCUT2D eigenvalue weighted by Gasteiger charge is 2.22. The van der Waals surface area contributed by atoms with Crippen LogP contribution in [-0.2, 0) is 0 Å². The third-order valence-electron chi connectivity index (χ3n) is 3.43. The van der Waals surface area contributed by atoms with E-state index in [1.165, 1.54) is 6.07 Å². The molecular weight excluding hydrogens is 248 g/mol. The molecular formula is C13H18N2O4. The molecule has 1 unspecified atom stereocenters. The molecule has 0 bridgehead atoms. The Bertz CT molecular complexity index is 514. The normalized spacial score (nSPS) is 12.0. The topological polar surface area (TPSA) is 83.7 Å². The maximum absolute atomic E-state index is 11.1. The van der Waals surface area contributed by atoms with E-state index in [9.17, 15) is 14.9 Å². The van der Waals surface area contributed by atoms with Crippen molar-refractivity contribution in [1.82, 2.24) is 0 Å². The second kappa shape index (κ2) is 5.69. The number of anilines is 1. The third kappa shape index (κ3) is 3.01. The Labute approximate surface area is 111 Å². The molecule has 1 rings (SSSR count). The van der Waals surface area contributed by atoms with Crippen molar-refractivity contribution in [3.05, 3.63) is 33.4 Å². The van der Waals surface area contributed by atoms with Crippen molar-refractivity contribution in [2.45, 2.75) is 33.2 Å². The predicted molar refractivity (Wildman–Crippen MR) is 72.9 cm³/mol. The molecule has 0 saturated heterocycles. The van der Waals surface area contributed by atoms with Crippen LogP contribution in [0.4, 0.5) is 11.4 Å². The predicted octanol–water partition coefficient (Wildman–Crippen LogP) is 2.84. The first-order valence-electron chi connectivity index (χ1n) is 6.04. The van der Waals surface area contributed by atoms with Gasteiger partial charge in [-0.25, -0.2) is 4.79 Å². The number of hydrogen-bond donors (Lipinski definition) is 1. The van der Waals surface area contributed by atoms with E-state index in [0.717, 1.165) is 12.5 Å². The maximum atomic E-state index is 11.1. The van der Waals surface area contributed by atoms with Crippen LogP contribution in [0.5, 0.6) is 0 Å². The fourth-order valence-corrected chi connectivity index (χ4v) is 1.87. The van der Waals surface area contributed by atoms with Gasteiger partial charge < -0.3 is 10.0 Å². The lowest BCUT2D eigenvalue weighted by Crippen LogP contribution is -2.29. The number of carbonyl (C=O) groups is 1. The molecule has 0 spiro atoms. The number of nitro benzene ring substituents is 1. The Morgan fingerprint density at radius 3 is 2.53 bits per heavy atom. The molecule has 0 aliphatic rings. The number of aromatic carboxylic acids is 1. The molecule has 0 aromatic heterocycles. The zero-order valence-corrected chi connectivity index (χ0v) is 11.5. The third-order valence-corrected chi connectivity index (χ3v) is 3.43. The highest BCUT2D eigenvalue weighted by molar-refractivity contribution is 5.90. The Morgan fingerprint density at radius 2 is 2.11 bits per heavy atom. The summed E-state index contributed by atoms with van der Waals surface area (Å²) >= 11 is 0. The first-order chi connectivity index (χ1) is 8.79. The second-order valence-corrected chi connectivity index (χ2v) is 4.57. The van der Waals surface area contributed by atoms with Gasteiger partial charge in [0.2, 0.25) is 0 Å². The van der Waals surface area contributed by atoms with Gasteiger partial charge in [0, 0.05) is 24.8 Å². The van der Waals surface area contributed by atoms with Crippen molar-refractivity contribution in [3.8, 4) is 0 Å². The van der Waals surface area contributed by atoms with Crippen molar-refractivity contribution >= 4 is 17.3 Å². The fourth-order valence-electron chi connectivity index (χ4n) is 1.87. The van der Waals surface area contributed by atoms with Gasteiger partial charge >= 0.3 is 5.97 Å². The van der Waals surface area contributed by atoms with Crippen LogP contribution in [0.25, 0.3) is 0 Å². The van der Waals surface area contributed by atoms with E-state index >= 15 is 0 Å². The van der Waals surface area contributed by atoms with Crippen molar-refractivity contribution in [3.63, 3.8) is 0 Å². The van der Waals surface area contributed by atoms with Gasteiger partial charge in [-0.2, -0.15) is 0 Å². The number of hydrogen-bond acceptors (Lipinski definition) is 4. The van der Waals surface area contributed by atoms with E-state index in [0.29, 0.717) is 11.3 Å². The Morgan fingerprint density at radius 1 is 1.53 bits per heavy atom. The number of nitro groups is 1. The Balaban J connectivity index is 3.45. The number of carboxylic acid groups (broad SMARTS) is 1. The lowest BCUT2D eigenvalue weighted by atomic mass is 10.0. The molecule has 0 aliphatic carbocycles. The highest BCUT2D eigenvalue weighted by atomic mass is 16.6. The number of benzene rings is 1. The summed E-state index contributed by atoms with van der Waals surface area (Å²) in [5.74, 6) is -1.16. The standard InChI is InChI=1S/C13H18N2O4/c1-5-8(2)14(4)11-6-10(13(16)17)7-12(9(11)3)15(18)19/h6-8H,5H2,1-4H3,(H,16,17). The monoisotopic (exact) mass is 266 g/mol. The minimum atomic E-state index is -1.16. The Kier molecular flexibility index (Phi) is 4.47. The zero-order valence-electron chi connectivity index (χ0n) is 11.5. The molecule has 1 aromatic rings. The van der Waals surface area contributed by atoms with Crippen molar-refractivity contribution in [1.29, 1.82) is 0 Å². The molecule has 19 heavy (non-hydrogen) atoms. The van der Waals surface area contributed by atoms with Crippen LogP contribution >= 0.6 is 0 Å². The summed E-state index contributed by atoms with van der Waals surface area (Å²) in [5.41, 5.74) is 0.839. The van der Waals surface area contributed by atoms with Crippen molar-refractivity contribution in [2.24, 2.45) is 0 Å². The first-order valence-corrected chi connectivity index (χ1v) is 6.04. The second-order valence-electron chi connectivity index (χ2n) is 4.57. The van der Waals surface area contributed by atoms with Gasteiger partial charge in [0.1, 0.15) is 0 Å². The molecule has 0 fully saturated rings. The zero-order chi connectivity index (χ0) is 14.7. The van der Waals surface area contributed by atoms with E-state index < -0.39 is 10.9 Å². The van der Waals surface area contributed by atoms with Gasteiger partial charge in [0.05, 0.1) is 16.1 Å². The van der Waals surface area contributed by atoms with Gasteiger partial charge in [0.15, 0.2) is 0 Å².